The van der Waals surface area contributed by atoms with Gasteiger partial charge < -0.3 is 15.3 Å². The quantitative estimate of drug-likeness (QED) is 0.729. The minimum absolute atomic E-state index is 0.0635. The Kier molecular flexibility index (Phi) is 7.21. The molecular formula is C15H30N2O2. The van der Waals surface area contributed by atoms with E-state index in [9.17, 15) is 9.90 Å². The zero-order chi connectivity index (χ0) is 14.3. The summed E-state index contributed by atoms with van der Waals surface area (Å²) in [4.78, 5) is 13.8. The highest BCUT2D eigenvalue weighted by Crippen LogP contribution is 2.20. The summed E-state index contributed by atoms with van der Waals surface area (Å²) in [6, 6.07) is 0.0635. The summed E-state index contributed by atoms with van der Waals surface area (Å²) >= 11 is 0. The number of amides is 2. The molecular weight excluding hydrogens is 240 g/mol. The van der Waals surface area contributed by atoms with Crippen molar-refractivity contribution in [2.45, 2.75) is 59.0 Å². The van der Waals surface area contributed by atoms with Crippen LogP contribution in [0.1, 0.15) is 52.9 Å². The molecule has 1 rings (SSSR count). The molecule has 1 atom stereocenters. The van der Waals surface area contributed by atoms with E-state index in [1.165, 1.54) is 12.8 Å². The molecule has 0 aliphatic carbocycles. The van der Waals surface area contributed by atoms with Crippen molar-refractivity contribution in [3.8, 4) is 0 Å². The van der Waals surface area contributed by atoms with Gasteiger partial charge in [0.1, 0.15) is 0 Å². The monoisotopic (exact) mass is 270 g/mol. The van der Waals surface area contributed by atoms with Crippen LogP contribution < -0.4 is 5.32 Å². The van der Waals surface area contributed by atoms with E-state index in [1.54, 1.807) is 0 Å². The van der Waals surface area contributed by atoms with Gasteiger partial charge in [0.05, 0.1) is 6.10 Å². The second-order valence-corrected chi connectivity index (χ2v) is 6.19. The first-order valence-electron chi connectivity index (χ1n) is 7.71. The Hall–Kier alpha value is -0.770. The second-order valence-electron chi connectivity index (χ2n) is 6.19. The summed E-state index contributed by atoms with van der Waals surface area (Å²) in [6.45, 7) is 8.62. The van der Waals surface area contributed by atoms with E-state index in [1.807, 2.05) is 11.8 Å². The highest BCUT2D eigenvalue weighted by atomic mass is 16.3. The molecule has 1 fully saturated rings. The Morgan fingerprint density at radius 3 is 2.42 bits per heavy atom. The first-order valence-corrected chi connectivity index (χ1v) is 7.71. The maximum absolute atomic E-state index is 11.9. The minimum Gasteiger partial charge on any atom is -0.393 e. The van der Waals surface area contributed by atoms with Crippen LogP contribution in [-0.2, 0) is 0 Å². The average molecular weight is 270 g/mol. The number of hydrogen-bond donors (Lipinski definition) is 2. The van der Waals surface area contributed by atoms with Crippen LogP contribution in [0.4, 0.5) is 4.79 Å². The van der Waals surface area contributed by atoms with Gasteiger partial charge >= 0.3 is 6.03 Å². The zero-order valence-electron chi connectivity index (χ0n) is 12.7. The highest BCUT2D eigenvalue weighted by Gasteiger charge is 2.24. The molecule has 0 spiro atoms. The molecule has 0 aromatic carbocycles. The molecule has 1 unspecified atom stereocenters. The number of rotatable bonds is 6. The predicted octanol–water partition coefficient (Wildman–Crippen LogP) is 2.62. The van der Waals surface area contributed by atoms with Gasteiger partial charge in [-0.3, -0.25) is 0 Å². The number of urea groups is 1. The largest absolute Gasteiger partial charge is 0.393 e. The van der Waals surface area contributed by atoms with Gasteiger partial charge in [0.25, 0.3) is 0 Å². The van der Waals surface area contributed by atoms with Crippen molar-refractivity contribution in [1.29, 1.82) is 0 Å². The van der Waals surface area contributed by atoms with Crippen molar-refractivity contribution in [1.82, 2.24) is 10.2 Å². The number of piperidine rings is 1. The Balaban J connectivity index is 2.11. The summed E-state index contributed by atoms with van der Waals surface area (Å²) in [6.07, 6.45) is 5.06. The molecule has 4 heteroatoms. The van der Waals surface area contributed by atoms with Gasteiger partial charge in [0.15, 0.2) is 0 Å². The van der Waals surface area contributed by atoms with Gasteiger partial charge in [0, 0.05) is 19.6 Å². The van der Waals surface area contributed by atoms with Crippen LogP contribution >= 0.6 is 0 Å². The van der Waals surface area contributed by atoms with Crippen molar-refractivity contribution in [2.24, 2.45) is 11.8 Å². The number of unbranched alkanes of at least 4 members (excludes halogenated alkanes) is 1. The molecule has 112 valence electrons. The topological polar surface area (TPSA) is 52.6 Å². The fourth-order valence-corrected chi connectivity index (χ4v) is 2.57. The first kappa shape index (κ1) is 16.3. The third-order valence-corrected chi connectivity index (χ3v) is 3.99. The number of carbonyl (C=O) groups is 1. The Labute approximate surface area is 117 Å². The molecule has 0 bridgehead atoms. The lowest BCUT2D eigenvalue weighted by Gasteiger charge is -2.33. The molecule has 0 saturated carbocycles. The van der Waals surface area contributed by atoms with Crippen LogP contribution in [0.3, 0.4) is 0 Å². The molecule has 1 saturated heterocycles. The van der Waals surface area contributed by atoms with Crippen LogP contribution in [0.2, 0.25) is 0 Å². The summed E-state index contributed by atoms with van der Waals surface area (Å²) in [5.41, 5.74) is 0. The minimum atomic E-state index is -0.249. The summed E-state index contributed by atoms with van der Waals surface area (Å²) in [5, 5.41) is 12.5. The zero-order valence-corrected chi connectivity index (χ0v) is 12.7. The Morgan fingerprint density at radius 1 is 1.26 bits per heavy atom. The van der Waals surface area contributed by atoms with Crippen LogP contribution in [0.25, 0.3) is 0 Å². The number of hydrogen-bond acceptors (Lipinski definition) is 2. The summed E-state index contributed by atoms with van der Waals surface area (Å²) in [7, 11) is 0. The van der Waals surface area contributed by atoms with E-state index in [2.05, 4.69) is 19.2 Å². The standard InChI is InChI=1S/C15H30N2O2/c1-12(2)6-4-5-9-16-15(19)17-10-7-14(8-11-17)13(3)18/h12-14,18H,4-11H2,1-3H3,(H,16,19). The number of nitrogens with one attached hydrogen (secondary N) is 1. The maximum atomic E-state index is 11.9. The van der Waals surface area contributed by atoms with Crippen molar-refractivity contribution < 1.29 is 9.90 Å². The van der Waals surface area contributed by atoms with Gasteiger partial charge in [-0.15, -0.1) is 0 Å². The number of nitrogens with zero attached hydrogens (tertiary/aromatic N) is 1. The number of aliphatic hydroxyl groups excluding tert-OH is 1. The van der Waals surface area contributed by atoms with Crippen molar-refractivity contribution in [3.05, 3.63) is 0 Å². The highest BCUT2D eigenvalue weighted by molar-refractivity contribution is 5.74. The van der Waals surface area contributed by atoms with Gasteiger partial charge in [-0.1, -0.05) is 26.7 Å². The van der Waals surface area contributed by atoms with Gasteiger partial charge in [-0.05, 0) is 38.0 Å². The number of carbonyl (C=O) groups excluding carboxylic acids is 1. The predicted molar refractivity (Wildman–Crippen MR) is 78.1 cm³/mol. The van der Waals surface area contributed by atoms with Gasteiger partial charge in [-0.2, -0.15) is 0 Å². The molecule has 1 aliphatic heterocycles. The average Bonchev–Trinajstić information content (AvgIpc) is 2.37. The summed E-state index contributed by atoms with van der Waals surface area (Å²) < 4.78 is 0. The van der Waals surface area contributed by atoms with E-state index >= 15 is 0 Å². The number of aliphatic hydroxyl groups is 1. The van der Waals surface area contributed by atoms with E-state index in [0.29, 0.717) is 5.92 Å². The maximum Gasteiger partial charge on any atom is 0.317 e. The Morgan fingerprint density at radius 2 is 1.89 bits per heavy atom. The van der Waals surface area contributed by atoms with E-state index < -0.39 is 0 Å². The van der Waals surface area contributed by atoms with Gasteiger partial charge in [-0.25, -0.2) is 4.79 Å². The molecule has 1 heterocycles. The van der Waals surface area contributed by atoms with Crippen LogP contribution in [0.5, 0.6) is 0 Å². The number of likely N-dealkylation sites (tertiary alicyclic amines) is 1. The van der Waals surface area contributed by atoms with Crippen LogP contribution in [0, 0.1) is 11.8 Å². The molecule has 0 radical (unpaired) electrons. The molecule has 0 aromatic rings. The molecule has 1 aliphatic rings. The molecule has 2 N–H and O–H groups in total. The normalized spacial score (nSPS) is 18.7. The van der Waals surface area contributed by atoms with E-state index in [4.69, 9.17) is 0 Å². The molecule has 19 heavy (non-hydrogen) atoms. The van der Waals surface area contributed by atoms with E-state index in [0.717, 1.165) is 44.8 Å². The lowest BCUT2D eigenvalue weighted by molar-refractivity contribution is 0.0798. The SMILES string of the molecule is CC(C)CCCCNC(=O)N1CCC(C(C)O)CC1. The molecule has 0 aromatic heterocycles. The lowest BCUT2D eigenvalue weighted by atomic mass is 9.92. The lowest BCUT2D eigenvalue weighted by Crippen LogP contribution is -2.45. The Bertz CT molecular complexity index is 259. The first-order chi connectivity index (χ1) is 9.00. The van der Waals surface area contributed by atoms with Crippen molar-refractivity contribution in [2.75, 3.05) is 19.6 Å². The van der Waals surface area contributed by atoms with Gasteiger partial charge in [0.2, 0.25) is 0 Å². The third-order valence-electron chi connectivity index (χ3n) is 3.99. The van der Waals surface area contributed by atoms with E-state index in [-0.39, 0.29) is 12.1 Å². The smallest absolute Gasteiger partial charge is 0.317 e. The third kappa shape index (κ3) is 6.28. The second kappa shape index (κ2) is 8.41. The van der Waals surface area contributed by atoms with Crippen LogP contribution in [-0.4, -0.2) is 41.8 Å². The molecule has 2 amide bonds. The molecule has 4 nitrogen and oxygen atoms in total. The fraction of sp³-hybridized carbons (Fsp3) is 0.933. The summed E-state index contributed by atoms with van der Waals surface area (Å²) in [5.74, 6) is 1.10. The van der Waals surface area contributed by atoms with Crippen molar-refractivity contribution in [3.63, 3.8) is 0 Å². The fourth-order valence-electron chi connectivity index (χ4n) is 2.57. The van der Waals surface area contributed by atoms with Crippen molar-refractivity contribution >= 4 is 6.03 Å². The van der Waals surface area contributed by atoms with Crippen LogP contribution in [0.15, 0.2) is 0 Å².